The van der Waals surface area contributed by atoms with Crippen molar-refractivity contribution in [3.63, 3.8) is 0 Å². The summed E-state index contributed by atoms with van der Waals surface area (Å²) in [6.07, 6.45) is 1.06. The molecule has 0 unspecified atom stereocenters. The van der Waals surface area contributed by atoms with Gasteiger partial charge in [0.05, 0.1) is 18.4 Å². The van der Waals surface area contributed by atoms with Crippen molar-refractivity contribution in [1.29, 1.82) is 0 Å². The maximum absolute atomic E-state index is 11.8. The van der Waals surface area contributed by atoms with E-state index in [-0.39, 0.29) is 12.3 Å². The molecule has 0 aliphatic heterocycles. The van der Waals surface area contributed by atoms with Gasteiger partial charge in [-0.3, -0.25) is 0 Å². The summed E-state index contributed by atoms with van der Waals surface area (Å²) in [5.74, 6) is -0.640. The van der Waals surface area contributed by atoms with Crippen LogP contribution < -0.4 is 0 Å². The smallest absolute Gasteiger partial charge is 0.356 e. The minimum absolute atomic E-state index is 0.0283. The van der Waals surface area contributed by atoms with Gasteiger partial charge in [0.2, 0.25) is 10.0 Å². The van der Waals surface area contributed by atoms with E-state index in [0.29, 0.717) is 10.9 Å². The van der Waals surface area contributed by atoms with Crippen molar-refractivity contribution < 1.29 is 17.9 Å². The molecule has 0 radical (unpaired) electrons. The van der Waals surface area contributed by atoms with Gasteiger partial charge in [0.25, 0.3) is 0 Å². The van der Waals surface area contributed by atoms with Crippen molar-refractivity contribution in [2.45, 2.75) is 6.92 Å². The zero-order valence-electron chi connectivity index (χ0n) is 10.1. The van der Waals surface area contributed by atoms with Crippen LogP contribution in [0.4, 0.5) is 0 Å². The lowest BCUT2D eigenvalue weighted by atomic mass is 10.2. The van der Waals surface area contributed by atoms with Crippen molar-refractivity contribution in [3.8, 4) is 0 Å². The lowest BCUT2D eigenvalue weighted by Gasteiger charge is -2.07. The third-order valence-electron chi connectivity index (χ3n) is 2.48. The molecule has 1 aromatic heterocycles. The van der Waals surface area contributed by atoms with Gasteiger partial charge >= 0.3 is 5.97 Å². The molecule has 0 saturated carbocycles. The van der Waals surface area contributed by atoms with Gasteiger partial charge in [-0.15, -0.1) is 0 Å². The van der Waals surface area contributed by atoms with Crippen LogP contribution in [-0.4, -0.2) is 31.2 Å². The molecule has 0 amide bonds. The predicted molar refractivity (Wildman–Crippen MR) is 68.1 cm³/mol. The van der Waals surface area contributed by atoms with Gasteiger partial charge < -0.3 is 4.74 Å². The van der Waals surface area contributed by atoms with E-state index in [4.69, 9.17) is 4.74 Å². The predicted octanol–water partition coefficient (Wildman–Crippen LogP) is 1.63. The fraction of sp³-hybridized carbons (Fsp3) is 0.250. The van der Waals surface area contributed by atoms with Gasteiger partial charge in [-0.1, -0.05) is 18.2 Å². The van der Waals surface area contributed by atoms with Gasteiger partial charge in [-0.2, -0.15) is 0 Å². The molecule has 1 aromatic carbocycles. The molecule has 0 atom stereocenters. The van der Waals surface area contributed by atoms with Gasteiger partial charge in [0.1, 0.15) is 5.69 Å². The van der Waals surface area contributed by atoms with Crippen LogP contribution in [-0.2, 0) is 14.8 Å². The van der Waals surface area contributed by atoms with Crippen LogP contribution in [0, 0.1) is 0 Å². The molecule has 2 rings (SSSR count). The number of aromatic nitrogens is 1. The van der Waals surface area contributed by atoms with E-state index >= 15 is 0 Å². The minimum Gasteiger partial charge on any atom is -0.461 e. The van der Waals surface area contributed by atoms with Gasteiger partial charge in [-0.25, -0.2) is 17.2 Å². The number of benzene rings is 1. The highest BCUT2D eigenvalue weighted by Gasteiger charge is 2.21. The summed E-state index contributed by atoms with van der Waals surface area (Å²) in [6, 6.07) is 8.43. The Bertz CT molecular complexity index is 700. The minimum atomic E-state index is -3.56. The SMILES string of the molecule is CCOC(=O)c1cc2ccccc2n1S(C)(=O)=O. The Morgan fingerprint density at radius 3 is 2.61 bits per heavy atom. The zero-order valence-corrected chi connectivity index (χ0v) is 10.9. The molecule has 96 valence electrons. The molecular weight excluding hydrogens is 254 g/mol. The summed E-state index contributed by atoms with van der Waals surface area (Å²) in [6.45, 7) is 1.87. The molecule has 0 spiro atoms. The fourth-order valence-electron chi connectivity index (χ4n) is 1.83. The number of rotatable bonds is 3. The highest BCUT2D eigenvalue weighted by Crippen LogP contribution is 2.22. The van der Waals surface area contributed by atoms with E-state index in [1.54, 1.807) is 31.2 Å². The Kier molecular flexibility index (Phi) is 3.13. The number of ether oxygens (including phenoxy) is 1. The van der Waals surface area contributed by atoms with Gasteiger partial charge in [0, 0.05) is 5.39 Å². The number of carbonyl (C=O) groups excluding carboxylic acids is 1. The molecule has 0 aliphatic carbocycles. The molecule has 2 aromatic rings. The van der Waals surface area contributed by atoms with Crippen molar-refractivity contribution >= 4 is 26.9 Å². The third-order valence-corrected chi connectivity index (χ3v) is 3.54. The van der Waals surface area contributed by atoms with E-state index in [9.17, 15) is 13.2 Å². The van der Waals surface area contributed by atoms with Crippen molar-refractivity contribution in [2.75, 3.05) is 12.9 Å². The second-order valence-electron chi connectivity index (χ2n) is 3.84. The average molecular weight is 267 g/mol. The summed E-state index contributed by atoms with van der Waals surface area (Å²) < 4.78 is 29.5. The van der Waals surface area contributed by atoms with Gasteiger partial charge in [-0.05, 0) is 19.1 Å². The summed E-state index contributed by atoms with van der Waals surface area (Å²) in [5.41, 5.74) is 0.503. The largest absolute Gasteiger partial charge is 0.461 e. The first-order chi connectivity index (χ1) is 8.45. The molecule has 0 bridgehead atoms. The van der Waals surface area contributed by atoms with Crippen molar-refractivity contribution in [1.82, 2.24) is 3.97 Å². The number of para-hydroxylation sites is 1. The summed E-state index contributed by atoms with van der Waals surface area (Å²) in [7, 11) is -3.56. The van der Waals surface area contributed by atoms with Crippen LogP contribution in [0.1, 0.15) is 17.4 Å². The molecule has 0 fully saturated rings. The topological polar surface area (TPSA) is 65.4 Å². The quantitative estimate of drug-likeness (QED) is 0.793. The number of esters is 1. The number of carbonyl (C=O) groups is 1. The van der Waals surface area contributed by atoms with Crippen LogP contribution in [0.3, 0.4) is 0 Å². The normalized spacial score (nSPS) is 11.7. The molecule has 0 saturated heterocycles. The van der Waals surface area contributed by atoms with Crippen LogP contribution >= 0.6 is 0 Å². The number of fused-ring (bicyclic) bond motifs is 1. The van der Waals surface area contributed by atoms with Crippen molar-refractivity contribution in [2.24, 2.45) is 0 Å². The lowest BCUT2D eigenvalue weighted by Crippen LogP contribution is -2.18. The third kappa shape index (κ3) is 2.11. The van der Waals surface area contributed by atoms with E-state index in [0.717, 1.165) is 10.2 Å². The summed E-state index contributed by atoms with van der Waals surface area (Å²) >= 11 is 0. The first kappa shape index (κ1) is 12.6. The van der Waals surface area contributed by atoms with Crippen LogP contribution in [0.15, 0.2) is 30.3 Å². The maximum Gasteiger partial charge on any atom is 0.356 e. The zero-order chi connectivity index (χ0) is 13.3. The van der Waals surface area contributed by atoms with Crippen LogP contribution in [0.5, 0.6) is 0 Å². The molecular formula is C12H13NO4S. The van der Waals surface area contributed by atoms with E-state index in [1.165, 1.54) is 6.07 Å². The van der Waals surface area contributed by atoms with Crippen LogP contribution in [0.2, 0.25) is 0 Å². The number of hydrogen-bond acceptors (Lipinski definition) is 4. The second-order valence-corrected chi connectivity index (χ2v) is 5.67. The highest BCUT2D eigenvalue weighted by molar-refractivity contribution is 7.89. The average Bonchev–Trinajstić information content (AvgIpc) is 2.68. The second kappa shape index (κ2) is 4.45. The van der Waals surface area contributed by atoms with Crippen LogP contribution in [0.25, 0.3) is 10.9 Å². The number of hydrogen-bond donors (Lipinski definition) is 0. The first-order valence-electron chi connectivity index (χ1n) is 5.43. The highest BCUT2D eigenvalue weighted by atomic mass is 32.2. The molecule has 0 aliphatic rings. The molecule has 6 heteroatoms. The Hall–Kier alpha value is -1.82. The fourth-order valence-corrected chi connectivity index (χ4v) is 2.84. The maximum atomic E-state index is 11.8. The van der Waals surface area contributed by atoms with Gasteiger partial charge in [0.15, 0.2) is 0 Å². The standard InChI is InChI=1S/C12H13NO4S/c1-3-17-12(14)11-8-9-6-4-5-7-10(9)13(11)18(2,15)16/h4-8H,3H2,1-2H3. The lowest BCUT2D eigenvalue weighted by molar-refractivity contribution is 0.0518. The Labute approximate surface area is 105 Å². The monoisotopic (exact) mass is 267 g/mol. The molecule has 5 nitrogen and oxygen atoms in total. The first-order valence-corrected chi connectivity index (χ1v) is 7.28. The summed E-state index contributed by atoms with van der Waals surface area (Å²) in [5, 5.41) is 0.686. The molecule has 0 N–H and O–H groups in total. The van der Waals surface area contributed by atoms with Crippen molar-refractivity contribution in [3.05, 3.63) is 36.0 Å². The van der Waals surface area contributed by atoms with E-state index < -0.39 is 16.0 Å². The Morgan fingerprint density at radius 1 is 1.33 bits per heavy atom. The van der Waals surface area contributed by atoms with E-state index in [1.807, 2.05) is 0 Å². The van der Waals surface area contributed by atoms with E-state index in [2.05, 4.69) is 0 Å². The Balaban J connectivity index is 2.77. The molecule has 18 heavy (non-hydrogen) atoms. The Morgan fingerprint density at radius 2 is 2.00 bits per heavy atom. The number of nitrogens with zero attached hydrogens (tertiary/aromatic N) is 1. The molecule has 1 heterocycles. The summed E-state index contributed by atoms with van der Waals surface area (Å²) in [4.78, 5) is 11.8.